The van der Waals surface area contributed by atoms with Crippen LogP contribution in [-0.4, -0.2) is 35.1 Å². The minimum absolute atomic E-state index is 0.0797. The Hall–Kier alpha value is -2.18. The molecule has 0 N–H and O–H groups in total. The van der Waals surface area contributed by atoms with Crippen LogP contribution in [0.5, 0.6) is 11.5 Å². The minimum atomic E-state index is 0.0797. The number of aliphatic imine (C=N–C) groups is 1. The normalized spacial score (nSPS) is 17.0. The predicted octanol–water partition coefficient (Wildman–Crippen LogP) is 4.57. The molecule has 4 rings (SSSR count). The summed E-state index contributed by atoms with van der Waals surface area (Å²) in [4.78, 5) is 19.2. The van der Waals surface area contributed by atoms with Crippen LogP contribution in [0.1, 0.15) is 17.5 Å². The first-order chi connectivity index (χ1) is 13.1. The van der Waals surface area contributed by atoms with E-state index in [0.29, 0.717) is 24.4 Å². The van der Waals surface area contributed by atoms with Gasteiger partial charge in [-0.3, -0.25) is 9.69 Å². The largest absolute Gasteiger partial charge is 0.454 e. The van der Waals surface area contributed by atoms with E-state index in [1.54, 1.807) is 16.7 Å². The summed E-state index contributed by atoms with van der Waals surface area (Å²) in [7, 11) is 0. The molecule has 27 heavy (non-hydrogen) atoms. The molecule has 0 saturated carbocycles. The van der Waals surface area contributed by atoms with Gasteiger partial charge in [0.2, 0.25) is 12.7 Å². The van der Waals surface area contributed by atoms with Crippen LogP contribution in [0.15, 0.2) is 41.4 Å². The highest BCUT2D eigenvalue weighted by molar-refractivity contribution is 8.14. The van der Waals surface area contributed by atoms with Gasteiger partial charge >= 0.3 is 0 Å². The molecule has 0 spiro atoms. The zero-order valence-electron chi connectivity index (χ0n) is 14.9. The van der Waals surface area contributed by atoms with Gasteiger partial charge in [-0.2, -0.15) is 0 Å². The molecule has 0 aliphatic carbocycles. The lowest BCUT2D eigenvalue weighted by atomic mass is 10.1. The highest BCUT2D eigenvalue weighted by Crippen LogP contribution is 2.33. The monoisotopic (exact) mass is 402 g/mol. The second-order valence-corrected chi connectivity index (χ2v) is 7.83. The molecule has 1 saturated heterocycles. The van der Waals surface area contributed by atoms with Crippen LogP contribution in [0.4, 0.5) is 5.69 Å². The van der Waals surface area contributed by atoms with Gasteiger partial charge in [0.1, 0.15) is 0 Å². The molecule has 2 heterocycles. The molecule has 5 nitrogen and oxygen atoms in total. The van der Waals surface area contributed by atoms with E-state index >= 15 is 0 Å². The predicted molar refractivity (Wildman–Crippen MR) is 108 cm³/mol. The number of hydrogen-bond donors (Lipinski definition) is 0. The number of amidine groups is 1. The Balaban J connectivity index is 1.44. The number of halogens is 1. The van der Waals surface area contributed by atoms with Crippen molar-refractivity contribution in [3.8, 4) is 11.5 Å². The smallest absolute Gasteiger partial charge is 0.231 e. The van der Waals surface area contributed by atoms with Crippen molar-refractivity contribution in [1.82, 2.24) is 4.90 Å². The molecular weight excluding hydrogens is 384 g/mol. The summed E-state index contributed by atoms with van der Waals surface area (Å²) in [5, 5.41) is 1.43. The average molecular weight is 403 g/mol. The molecule has 2 aliphatic rings. The molecule has 1 fully saturated rings. The van der Waals surface area contributed by atoms with E-state index in [2.05, 4.69) is 4.99 Å². The number of ether oxygens (including phenoxy) is 2. The number of carbonyl (C=O) groups excluding carboxylic acids is 1. The van der Waals surface area contributed by atoms with Crippen molar-refractivity contribution >= 4 is 40.1 Å². The Morgan fingerprint density at radius 1 is 1.26 bits per heavy atom. The molecule has 0 radical (unpaired) electrons. The van der Waals surface area contributed by atoms with Crippen LogP contribution in [0, 0.1) is 6.92 Å². The molecule has 140 valence electrons. The van der Waals surface area contributed by atoms with Crippen LogP contribution in [0.2, 0.25) is 5.02 Å². The first-order valence-electron chi connectivity index (χ1n) is 8.77. The van der Waals surface area contributed by atoms with Crippen molar-refractivity contribution in [2.75, 3.05) is 19.1 Å². The Morgan fingerprint density at radius 2 is 2.11 bits per heavy atom. The van der Waals surface area contributed by atoms with Crippen molar-refractivity contribution in [2.24, 2.45) is 4.99 Å². The van der Waals surface area contributed by atoms with Gasteiger partial charge in [0.15, 0.2) is 16.7 Å². The summed E-state index contributed by atoms with van der Waals surface area (Å²) < 4.78 is 10.7. The first-order valence-corrected chi connectivity index (χ1v) is 10.1. The van der Waals surface area contributed by atoms with Crippen LogP contribution in [-0.2, 0) is 11.2 Å². The fraction of sp³-hybridized carbons (Fsp3) is 0.300. The van der Waals surface area contributed by atoms with Crippen molar-refractivity contribution in [1.29, 1.82) is 0 Å². The molecule has 0 unspecified atom stereocenters. The summed E-state index contributed by atoms with van der Waals surface area (Å²) in [6, 6.07) is 11.4. The first kappa shape index (κ1) is 18.2. The Kier molecular flexibility index (Phi) is 5.27. The van der Waals surface area contributed by atoms with Gasteiger partial charge in [-0.25, -0.2) is 4.99 Å². The summed E-state index contributed by atoms with van der Waals surface area (Å²) >= 11 is 7.78. The topological polar surface area (TPSA) is 51.1 Å². The number of hydrogen-bond acceptors (Lipinski definition) is 5. The van der Waals surface area contributed by atoms with E-state index < -0.39 is 0 Å². The van der Waals surface area contributed by atoms with E-state index in [9.17, 15) is 4.79 Å². The van der Waals surface area contributed by atoms with Crippen LogP contribution in [0.25, 0.3) is 0 Å². The van der Waals surface area contributed by atoms with Gasteiger partial charge in [-0.15, -0.1) is 0 Å². The number of thioether (sulfide) groups is 1. The summed E-state index contributed by atoms with van der Waals surface area (Å²) in [5.74, 6) is 2.44. The standard InChI is InChI=1S/C20H19ClN2O3S/c1-13-15(21)3-2-4-16(13)22-20-23(9-10-27-20)19(24)8-6-14-5-7-17-18(11-14)26-12-25-17/h2-5,7,11H,6,8-10,12H2,1H3. The van der Waals surface area contributed by atoms with Gasteiger partial charge in [0, 0.05) is 23.7 Å². The second-order valence-electron chi connectivity index (χ2n) is 6.36. The van der Waals surface area contributed by atoms with Gasteiger partial charge in [0.25, 0.3) is 0 Å². The Labute approximate surface area is 167 Å². The SMILES string of the molecule is Cc1c(Cl)cccc1N=C1SCCN1C(=O)CCc1ccc2c(c1)OCO2. The lowest BCUT2D eigenvalue weighted by Gasteiger charge is -2.16. The average Bonchev–Trinajstić information content (AvgIpc) is 3.32. The molecule has 2 aromatic rings. The minimum Gasteiger partial charge on any atom is -0.454 e. The van der Waals surface area contributed by atoms with Crippen LogP contribution in [0.3, 0.4) is 0 Å². The summed E-state index contributed by atoms with van der Waals surface area (Å²) in [6.45, 7) is 2.88. The fourth-order valence-electron chi connectivity index (χ4n) is 3.03. The number of amides is 1. The lowest BCUT2D eigenvalue weighted by molar-refractivity contribution is -0.126. The lowest BCUT2D eigenvalue weighted by Crippen LogP contribution is -2.31. The molecule has 1 amide bonds. The number of aryl methyl sites for hydroxylation is 1. The number of rotatable bonds is 4. The Morgan fingerprint density at radius 3 is 3.00 bits per heavy atom. The third kappa shape index (κ3) is 3.92. The third-order valence-corrected chi connectivity index (χ3v) is 5.96. The van der Waals surface area contributed by atoms with Crippen molar-refractivity contribution < 1.29 is 14.3 Å². The summed E-state index contributed by atoms with van der Waals surface area (Å²) in [6.07, 6.45) is 1.08. The second kappa shape index (κ2) is 7.82. The maximum atomic E-state index is 12.8. The van der Waals surface area contributed by atoms with E-state index in [1.165, 1.54) is 0 Å². The zero-order chi connectivity index (χ0) is 18.8. The van der Waals surface area contributed by atoms with E-state index in [0.717, 1.165) is 39.2 Å². The number of benzene rings is 2. The molecule has 0 aromatic heterocycles. The molecular formula is C20H19ClN2O3S. The number of nitrogens with zero attached hydrogens (tertiary/aromatic N) is 2. The zero-order valence-corrected chi connectivity index (χ0v) is 16.5. The van der Waals surface area contributed by atoms with E-state index in [1.807, 2.05) is 43.3 Å². The molecule has 2 aromatic carbocycles. The third-order valence-electron chi connectivity index (χ3n) is 4.60. The van der Waals surface area contributed by atoms with Gasteiger partial charge in [0.05, 0.1) is 5.69 Å². The van der Waals surface area contributed by atoms with Gasteiger partial charge < -0.3 is 9.47 Å². The van der Waals surface area contributed by atoms with E-state index in [-0.39, 0.29) is 12.7 Å². The highest BCUT2D eigenvalue weighted by Gasteiger charge is 2.26. The highest BCUT2D eigenvalue weighted by atomic mass is 35.5. The van der Waals surface area contributed by atoms with Gasteiger partial charge in [-0.05, 0) is 48.7 Å². The molecule has 2 aliphatic heterocycles. The quantitative estimate of drug-likeness (QED) is 0.751. The van der Waals surface area contributed by atoms with Gasteiger partial charge in [-0.1, -0.05) is 35.5 Å². The van der Waals surface area contributed by atoms with Crippen molar-refractivity contribution in [2.45, 2.75) is 19.8 Å². The molecule has 0 atom stereocenters. The van der Waals surface area contributed by atoms with Crippen LogP contribution < -0.4 is 9.47 Å². The van der Waals surface area contributed by atoms with Crippen molar-refractivity contribution in [3.63, 3.8) is 0 Å². The van der Waals surface area contributed by atoms with Crippen molar-refractivity contribution in [3.05, 3.63) is 52.5 Å². The fourth-order valence-corrected chi connectivity index (χ4v) is 4.17. The number of fused-ring (bicyclic) bond motifs is 1. The molecule has 7 heteroatoms. The number of carbonyl (C=O) groups is 1. The van der Waals surface area contributed by atoms with E-state index in [4.69, 9.17) is 21.1 Å². The Bertz CT molecular complexity index is 916. The van der Waals surface area contributed by atoms with Crippen LogP contribution >= 0.6 is 23.4 Å². The maximum Gasteiger partial charge on any atom is 0.231 e. The maximum absolute atomic E-state index is 12.8. The molecule has 0 bridgehead atoms. The summed E-state index contributed by atoms with van der Waals surface area (Å²) in [5.41, 5.74) is 2.79.